The van der Waals surface area contributed by atoms with Crippen LogP contribution in [0.4, 0.5) is 0 Å². The summed E-state index contributed by atoms with van der Waals surface area (Å²) in [5.41, 5.74) is 0. The highest BCUT2D eigenvalue weighted by Gasteiger charge is 2.30. The summed E-state index contributed by atoms with van der Waals surface area (Å²) >= 11 is 2.00. The van der Waals surface area contributed by atoms with Crippen LogP contribution < -0.4 is 10.6 Å². The van der Waals surface area contributed by atoms with Gasteiger partial charge >= 0.3 is 0 Å². The van der Waals surface area contributed by atoms with Crippen molar-refractivity contribution in [2.75, 3.05) is 18.1 Å². The van der Waals surface area contributed by atoms with Crippen molar-refractivity contribution in [3.05, 3.63) is 0 Å². The molecule has 4 nitrogen and oxygen atoms in total. The Bertz CT molecular complexity index is 264. The van der Waals surface area contributed by atoms with Crippen molar-refractivity contribution in [3.63, 3.8) is 0 Å². The molecule has 0 bridgehead atoms. The summed E-state index contributed by atoms with van der Waals surface area (Å²) in [6, 6.07) is -0.285. The van der Waals surface area contributed by atoms with Crippen LogP contribution in [0.3, 0.4) is 0 Å². The van der Waals surface area contributed by atoms with Gasteiger partial charge in [-0.1, -0.05) is 0 Å². The minimum Gasteiger partial charge on any atom is -0.305 e. The fourth-order valence-corrected chi connectivity index (χ4v) is 3.18. The molecule has 0 aromatic heterocycles. The SMILES string of the molecule is O=C1CC(NCC2CCSCC2)C(=O)N1. The fraction of sp³-hybridized carbons (Fsp3) is 0.800. The quantitative estimate of drug-likeness (QED) is 0.674. The van der Waals surface area contributed by atoms with Crippen LogP contribution in [0, 0.1) is 5.92 Å². The van der Waals surface area contributed by atoms with Crippen LogP contribution >= 0.6 is 11.8 Å². The molecule has 2 amide bonds. The Hall–Kier alpha value is -0.550. The monoisotopic (exact) mass is 228 g/mol. The lowest BCUT2D eigenvalue weighted by atomic mass is 10.0. The number of imide groups is 1. The van der Waals surface area contributed by atoms with E-state index in [2.05, 4.69) is 10.6 Å². The van der Waals surface area contributed by atoms with Crippen molar-refractivity contribution in [3.8, 4) is 0 Å². The molecule has 2 saturated heterocycles. The highest BCUT2D eigenvalue weighted by molar-refractivity contribution is 7.99. The van der Waals surface area contributed by atoms with E-state index in [-0.39, 0.29) is 17.9 Å². The van der Waals surface area contributed by atoms with Gasteiger partial charge < -0.3 is 5.32 Å². The summed E-state index contributed by atoms with van der Waals surface area (Å²) in [5.74, 6) is 2.81. The second-order valence-corrected chi connectivity index (χ2v) is 5.36. The van der Waals surface area contributed by atoms with E-state index in [1.54, 1.807) is 0 Å². The molecular weight excluding hydrogens is 212 g/mol. The second-order valence-electron chi connectivity index (χ2n) is 4.13. The molecule has 2 aliphatic rings. The van der Waals surface area contributed by atoms with Gasteiger partial charge in [0, 0.05) is 0 Å². The Morgan fingerprint density at radius 1 is 1.33 bits per heavy atom. The summed E-state index contributed by atoms with van der Waals surface area (Å²) in [4.78, 5) is 22.2. The minimum atomic E-state index is -0.285. The van der Waals surface area contributed by atoms with Crippen LogP contribution in [0.15, 0.2) is 0 Å². The number of carbonyl (C=O) groups excluding carboxylic acids is 2. The Labute approximate surface area is 93.6 Å². The molecule has 0 saturated carbocycles. The first-order chi connectivity index (χ1) is 7.25. The Morgan fingerprint density at radius 2 is 2.07 bits per heavy atom. The summed E-state index contributed by atoms with van der Waals surface area (Å²) < 4.78 is 0. The van der Waals surface area contributed by atoms with Gasteiger partial charge in [0.05, 0.1) is 12.5 Å². The van der Waals surface area contributed by atoms with E-state index in [0.717, 1.165) is 6.54 Å². The maximum atomic E-state index is 11.3. The lowest BCUT2D eigenvalue weighted by Crippen LogP contribution is -2.39. The lowest BCUT2D eigenvalue weighted by Gasteiger charge is -2.22. The number of carbonyl (C=O) groups is 2. The fourth-order valence-electron chi connectivity index (χ4n) is 1.98. The largest absolute Gasteiger partial charge is 0.305 e. The topological polar surface area (TPSA) is 58.2 Å². The molecule has 0 radical (unpaired) electrons. The van der Waals surface area contributed by atoms with E-state index in [4.69, 9.17) is 0 Å². The third-order valence-electron chi connectivity index (χ3n) is 2.96. The van der Waals surface area contributed by atoms with E-state index in [0.29, 0.717) is 12.3 Å². The predicted molar refractivity (Wildman–Crippen MR) is 59.6 cm³/mol. The highest BCUT2D eigenvalue weighted by atomic mass is 32.2. The van der Waals surface area contributed by atoms with Gasteiger partial charge in [0.25, 0.3) is 0 Å². The van der Waals surface area contributed by atoms with Gasteiger partial charge in [-0.05, 0) is 36.8 Å². The number of nitrogens with one attached hydrogen (secondary N) is 2. The van der Waals surface area contributed by atoms with Crippen molar-refractivity contribution in [2.45, 2.75) is 25.3 Å². The first kappa shape index (κ1) is 11.0. The van der Waals surface area contributed by atoms with Gasteiger partial charge in [-0.2, -0.15) is 11.8 Å². The molecule has 1 unspecified atom stereocenters. The molecule has 84 valence electrons. The van der Waals surface area contributed by atoms with Gasteiger partial charge in [-0.3, -0.25) is 14.9 Å². The van der Waals surface area contributed by atoms with Crippen molar-refractivity contribution in [1.82, 2.24) is 10.6 Å². The minimum absolute atomic E-state index is 0.156. The zero-order valence-electron chi connectivity index (χ0n) is 8.62. The zero-order valence-corrected chi connectivity index (χ0v) is 9.44. The van der Waals surface area contributed by atoms with Gasteiger partial charge in [-0.15, -0.1) is 0 Å². The molecule has 0 aliphatic carbocycles. The van der Waals surface area contributed by atoms with E-state index >= 15 is 0 Å². The van der Waals surface area contributed by atoms with Crippen molar-refractivity contribution >= 4 is 23.6 Å². The standard InChI is InChI=1S/C10H16N2O2S/c13-9-5-8(10(14)12-9)11-6-7-1-3-15-4-2-7/h7-8,11H,1-6H2,(H,12,13,14). The zero-order chi connectivity index (χ0) is 10.7. The van der Waals surface area contributed by atoms with Gasteiger partial charge in [0.1, 0.15) is 0 Å². The Morgan fingerprint density at radius 3 is 2.67 bits per heavy atom. The first-order valence-corrected chi connectivity index (χ1v) is 6.56. The molecular formula is C10H16N2O2S. The molecule has 2 rings (SSSR count). The highest BCUT2D eigenvalue weighted by Crippen LogP contribution is 2.22. The number of amides is 2. The smallest absolute Gasteiger partial charge is 0.244 e. The number of hydrogen-bond donors (Lipinski definition) is 2. The average molecular weight is 228 g/mol. The van der Waals surface area contributed by atoms with Crippen LogP contribution in [0.25, 0.3) is 0 Å². The van der Waals surface area contributed by atoms with Crippen molar-refractivity contribution in [1.29, 1.82) is 0 Å². The van der Waals surface area contributed by atoms with E-state index < -0.39 is 0 Å². The van der Waals surface area contributed by atoms with Crippen LogP contribution in [-0.2, 0) is 9.59 Å². The molecule has 2 N–H and O–H groups in total. The number of thioether (sulfide) groups is 1. The Balaban J connectivity index is 1.73. The normalized spacial score (nSPS) is 28.1. The van der Waals surface area contributed by atoms with Crippen molar-refractivity contribution in [2.24, 2.45) is 5.92 Å². The molecule has 0 aromatic rings. The lowest BCUT2D eigenvalue weighted by molar-refractivity contribution is -0.125. The van der Waals surface area contributed by atoms with E-state index in [1.807, 2.05) is 11.8 Å². The van der Waals surface area contributed by atoms with Gasteiger partial charge in [-0.25, -0.2) is 0 Å². The summed E-state index contributed by atoms with van der Waals surface area (Å²) in [6.45, 7) is 0.867. The molecule has 0 aromatic carbocycles. The molecule has 2 heterocycles. The summed E-state index contributed by atoms with van der Waals surface area (Å²) in [5, 5.41) is 5.50. The molecule has 2 aliphatic heterocycles. The molecule has 5 heteroatoms. The average Bonchev–Trinajstić information content (AvgIpc) is 2.56. The second kappa shape index (κ2) is 4.99. The number of hydrogen-bond acceptors (Lipinski definition) is 4. The predicted octanol–water partition coefficient (Wildman–Crippen LogP) is 0.134. The molecule has 0 spiro atoms. The molecule has 15 heavy (non-hydrogen) atoms. The van der Waals surface area contributed by atoms with Gasteiger partial charge in [0.15, 0.2) is 0 Å². The third-order valence-corrected chi connectivity index (χ3v) is 4.01. The van der Waals surface area contributed by atoms with Crippen LogP contribution in [0.1, 0.15) is 19.3 Å². The third kappa shape index (κ3) is 2.95. The summed E-state index contributed by atoms with van der Waals surface area (Å²) in [6.07, 6.45) is 2.75. The molecule has 1 atom stereocenters. The number of rotatable bonds is 3. The van der Waals surface area contributed by atoms with Crippen LogP contribution in [-0.4, -0.2) is 35.9 Å². The maximum absolute atomic E-state index is 11.3. The van der Waals surface area contributed by atoms with Crippen molar-refractivity contribution < 1.29 is 9.59 Å². The molecule has 2 fully saturated rings. The first-order valence-electron chi connectivity index (χ1n) is 5.40. The van der Waals surface area contributed by atoms with E-state index in [9.17, 15) is 9.59 Å². The maximum Gasteiger partial charge on any atom is 0.244 e. The van der Waals surface area contributed by atoms with Gasteiger partial charge in [0.2, 0.25) is 11.8 Å². The summed E-state index contributed by atoms with van der Waals surface area (Å²) in [7, 11) is 0. The van der Waals surface area contributed by atoms with E-state index in [1.165, 1.54) is 24.3 Å². The van der Waals surface area contributed by atoms with Crippen LogP contribution in [0.2, 0.25) is 0 Å². The van der Waals surface area contributed by atoms with Crippen LogP contribution in [0.5, 0.6) is 0 Å². The Kier molecular flexibility index (Phi) is 3.64.